The number of nitrogens with zero attached hydrogens (tertiary/aromatic N) is 2. The minimum absolute atomic E-state index is 0.230. The fourth-order valence-electron chi connectivity index (χ4n) is 2.29. The first kappa shape index (κ1) is 17.8. The van der Waals surface area contributed by atoms with Crippen LogP contribution in [0, 0.1) is 6.92 Å². The summed E-state index contributed by atoms with van der Waals surface area (Å²) in [6.45, 7) is 2.93. The fourth-order valence-corrected chi connectivity index (χ4v) is 4.61. The van der Waals surface area contributed by atoms with Gasteiger partial charge in [-0.05, 0) is 19.5 Å². The van der Waals surface area contributed by atoms with Crippen LogP contribution in [0.25, 0.3) is 0 Å². The third kappa shape index (κ3) is 4.71. The van der Waals surface area contributed by atoms with E-state index in [-0.39, 0.29) is 5.56 Å². The Labute approximate surface area is 135 Å². The van der Waals surface area contributed by atoms with Gasteiger partial charge in [0.15, 0.2) is 0 Å². The smallest absolute Gasteiger partial charge is 0.259 e. The molecule has 1 aliphatic rings. The summed E-state index contributed by atoms with van der Waals surface area (Å²) in [5, 5.41) is 0. The van der Waals surface area contributed by atoms with E-state index >= 15 is 0 Å². The largest absolute Gasteiger partial charge is 0.408 e. The summed E-state index contributed by atoms with van der Waals surface area (Å²) in [5.74, 6) is 1.03. The zero-order valence-corrected chi connectivity index (χ0v) is 14.1. The van der Waals surface area contributed by atoms with Gasteiger partial charge in [0, 0.05) is 47.5 Å². The van der Waals surface area contributed by atoms with Crippen LogP contribution in [0.4, 0.5) is 13.2 Å². The molecule has 22 heavy (non-hydrogen) atoms. The molecule has 124 valence electrons. The predicted molar refractivity (Wildman–Crippen MR) is 84.8 cm³/mol. The number of alkyl halides is 3. The van der Waals surface area contributed by atoms with E-state index in [1.54, 1.807) is 12.1 Å². The molecule has 8 heteroatoms. The molecule has 1 heterocycles. The van der Waals surface area contributed by atoms with E-state index in [9.17, 15) is 17.4 Å². The molecule has 0 N–H and O–H groups in total. The maximum absolute atomic E-state index is 13.5. The van der Waals surface area contributed by atoms with Crippen LogP contribution < -0.4 is 0 Å². The lowest BCUT2D eigenvalue weighted by Crippen LogP contribution is -2.39. The number of hydrogen-bond acceptors (Lipinski definition) is 4. The van der Waals surface area contributed by atoms with Crippen LogP contribution >= 0.6 is 12.1 Å². The molecule has 0 amide bonds. The number of hydrogen-bond donors (Lipinski definition) is 0. The molecule has 1 aromatic carbocycles. The molecular weight excluding hydrogens is 333 g/mol. The van der Waals surface area contributed by atoms with Gasteiger partial charge in [0.1, 0.15) is 6.04 Å². The highest BCUT2D eigenvalue weighted by molar-refractivity contribution is 7.94. The minimum Gasteiger partial charge on any atom is -0.259 e. The van der Waals surface area contributed by atoms with Crippen molar-refractivity contribution in [1.82, 2.24) is 8.61 Å². The summed E-state index contributed by atoms with van der Waals surface area (Å²) < 4.78 is 54.8. The quantitative estimate of drug-likeness (QED) is 0.777. The van der Waals surface area contributed by atoms with Crippen LogP contribution in [-0.2, 0) is 10.8 Å². The normalized spacial score (nSPS) is 19.5. The topological polar surface area (TPSA) is 23.6 Å². The Hall–Kier alpha value is -0.570. The average molecular weight is 352 g/mol. The van der Waals surface area contributed by atoms with Gasteiger partial charge in [0.2, 0.25) is 0 Å². The van der Waals surface area contributed by atoms with Crippen molar-refractivity contribution < 1.29 is 17.4 Å². The number of rotatable bonds is 4. The van der Waals surface area contributed by atoms with E-state index in [1.165, 1.54) is 23.5 Å². The maximum atomic E-state index is 13.5. The van der Waals surface area contributed by atoms with Crippen LogP contribution in [0.3, 0.4) is 0 Å². The van der Waals surface area contributed by atoms with Gasteiger partial charge in [0.25, 0.3) is 0 Å². The highest BCUT2D eigenvalue weighted by atomic mass is 32.2. The van der Waals surface area contributed by atoms with Gasteiger partial charge in [-0.1, -0.05) is 29.8 Å². The van der Waals surface area contributed by atoms with E-state index in [0.717, 1.165) is 17.7 Å². The molecule has 1 aromatic rings. The molecule has 0 bridgehead atoms. The van der Waals surface area contributed by atoms with Crippen LogP contribution in [0.15, 0.2) is 24.3 Å². The first-order valence-corrected chi connectivity index (χ1v) is 9.13. The molecule has 1 unspecified atom stereocenters. The van der Waals surface area contributed by atoms with Crippen molar-refractivity contribution in [3.8, 4) is 0 Å². The second-order valence-corrected chi connectivity index (χ2v) is 8.21. The molecular formula is C14H19F3N2OS2. The SMILES string of the molecule is Cc1ccc(C(N(C)SN2CCS(=O)CC2)C(F)(F)F)cc1. The zero-order valence-electron chi connectivity index (χ0n) is 12.5. The lowest BCUT2D eigenvalue weighted by molar-refractivity contribution is -0.170. The third-order valence-corrected chi connectivity index (χ3v) is 5.79. The molecule has 0 radical (unpaired) electrons. The average Bonchev–Trinajstić information content (AvgIpc) is 2.42. The van der Waals surface area contributed by atoms with Gasteiger partial charge in [-0.2, -0.15) is 13.2 Å². The molecule has 0 aromatic heterocycles. The number of aryl methyl sites for hydroxylation is 1. The Morgan fingerprint density at radius 1 is 1.23 bits per heavy atom. The van der Waals surface area contributed by atoms with E-state index in [1.807, 2.05) is 11.2 Å². The molecule has 0 saturated carbocycles. The van der Waals surface area contributed by atoms with Crippen molar-refractivity contribution in [2.75, 3.05) is 31.6 Å². The van der Waals surface area contributed by atoms with Crippen LogP contribution in [0.2, 0.25) is 0 Å². The molecule has 1 fully saturated rings. The first-order chi connectivity index (χ1) is 10.3. The molecule has 1 aliphatic heterocycles. The summed E-state index contributed by atoms with van der Waals surface area (Å²) in [5.41, 5.74) is 1.16. The van der Waals surface area contributed by atoms with E-state index in [0.29, 0.717) is 24.6 Å². The highest BCUT2D eigenvalue weighted by Gasteiger charge is 2.44. The molecule has 1 saturated heterocycles. The van der Waals surface area contributed by atoms with Crippen molar-refractivity contribution >= 4 is 22.9 Å². The molecule has 2 rings (SSSR count). The molecule has 0 spiro atoms. The van der Waals surface area contributed by atoms with Crippen LogP contribution in [0.1, 0.15) is 17.2 Å². The Bertz CT molecular complexity index is 512. The van der Waals surface area contributed by atoms with Gasteiger partial charge >= 0.3 is 6.18 Å². The highest BCUT2D eigenvalue weighted by Crippen LogP contribution is 2.40. The van der Waals surface area contributed by atoms with E-state index in [4.69, 9.17) is 0 Å². The summed E-state index contributed by atoms with van der Waals surface area (Å²) in [6.07, 6.45) is -4.35. The van der Waals surface area contributed by atoms with Gasteiger partial charge < -0.3 is 0 Å². The second-order valence-electron chi connectivity index (χ2n) is 5.26. The van der Waals surface area contributed by atoms with Crippen molar-refractivity contribution in [1.29, 1.82) is 0 Å². The van der Waals surface area contributed by atoms with Crippen molar-refractivity contribution in [3.05, 3.63) is 35.4 Å². The second kappa shape index (κ2) is 7.33. The standard InChI is InChI=1S/C14H19F3N2OS2/c1-11-3-5-12(6-4-11)13(14(15,16)17)18(2)21-19-7-9-22(20)10-8-19/h3-6,13H,7-10H2,1-2H3. The van der Waals surface area contributed by atoms with E-state index < -0.39 is 23.0 Å². The van der Waals surface area contributed by atoms with Gasteiger partial charge in [0.05, 0.1) is 0 Å². The predicted octanol–water partition coefficient (Wildman–Crippen LogP) is 3.16. The Morgan fingerprint density at radius 3 is 2.27 bits per heavy atom. The summed E-state index contributed by atoms with van der Waals surface area (Å²) >= 11 is 1.07. The van der Waals surface area contributed by atoms with Crippen molar-refractivity contribution in [3.63, 3.8) is 0 Å². The first-order valence-electron chi connectivity index (χ1n) is 6.91. The zero-order chi connectivity index (χ0) is 16.3. The minimum atomic E-state index is -4.35. The lowest BCUT2D eigenvalue weighted by atomic mass is 10.1. The summed E-state index contributed by atoms with van der Waals surface area (Å²) in [7, 11) is 0.615. The van der Waals surface area contributed by atoms with Crippen molar-refractivity contribution in [2.24, 2.45) is 0 Å². The lowest BCUT2D eigenvalue weighted by Gasteiger charge is -2.34. The molecule has 0 aliphatic carbocycles. The molecule has 3 nitrogen and oxygen atoms in total. The fraction of sp³-hybridized carbons (Fsp3) is 0.571. The van der Waals surface area contributed by atoms with E-state index in [2.05, 4.69) is 0 Å². The number of halogens is 3. The Kier molecular flexibility index (Phi) is 5.93. The third-order valence-electron chi connectivity index (χ3n) is 3.45. The Balaban J connectivity index is 2.11. The van der Waals surface area contributed by atoms with Gasteiger partial charge in [-0.25, -0.2) is 8.61 Å². The van der Waals surface area contributed by atoms with Gasteiger partial charge in [-0.3, -0.25) is 4.21 Å². The number of benzene rings is 1. The van der Waals surface area contributed by atoms with Crippen LogP contribution in [-0.4, -0.2) is 50.6 Å². The maximum Gasteiger partial charge on any atom is 0.408 e. The van der Waals surface area contributed by atoms with Crippen molar-refractivity contribution in [2.45, 2.75) is 19.1 Å². The Morgan fingerprint density at radius 2 is 1.77 bits per heavy atom. The van der Waals surface area contributed by atoms with Gasteiger partial charge in [-0.15, -0.1) is 0 Å². The monoisotopic (exact) mass is 352 g/mol. The van der Waals surface area contributed by atoms with Crippen LogP contribution in [0.5, 0.6) is 0 Å². The molecule has 1 atom stereocenters. The summed E-state index contributed by atoms with van der Waals surface area (Å²) in [4.78, 5) is 0. The summed E-state index contributed by atoms with van der Waals surface area (Å²) in [6, 6.07) is 4.77.